The smallest absolute Gasteiger partial charge is 0.322 e. The Hall–Kier alpha value is -4.15. The molecule has 0 bridgehead atoms. The van der Waals surface area contributed by atoms with E-state index in [2.05, 4.69) is 117 Å². The third-order valence-corrected chi connectivity index (χ3v) is 11.8. The molecule has 0 aromatic heterocycles. The van der Waals surface area contributed by atoms with Gasteiger partial charge in [0, 0.05) is 56.4 Å². The number of nitrogens with one attached hydrogen (secondary N) is 4. The van der Waals surface area contributed by atoms with Crippen molar-refractivity contribution >= 4 is 165 Å². The van der Waals surface area contributed by atoms with Crippen molar-refractivity contribution in [3.63, 3.8) is 0 Å². The van der Waals surface area contributed by atoms with Gasteiger partial charge in [-0.3, -0.25) is 19.2 Å². The van der Waals surface area contributed by atoms with Gasteiger partial charge in [0.05, 0.1) is 33.8 Å². The molecule has 0 aliphatic carbocycles. The number of carbonyl (C=O) groups excluding carboxylic acids is 3. The molecule has 6 aromatic rings. The molecule has 3 amide bonds. The molecule has 0 radical (unpaired) electrons. The lowest BCUT2D eigenvalue weighted by Crippen LogP contribution is -2.29. The molecule has 0 saturated heterocycles. The van der Waals surface area contributed by atoms with Crippen LogP contribution in [0.1, 0.15) is 47.8 Å². The second-order valence-corrected chi connectivity index (χ2v) is 19.5. The number of aryl methyl sites for hydroxylation is 3. The summed E-state index contributed by atoms with van der Waals surface area (Å²) in [4.78, 5) is 48.1. The highest BCUT2D eigenvalue weighted by molar-refractivity contribution is 14.1. The van der Waals surface area contributed by atoms with Crippen molar-refractivity contribution in [2.45, 2.75) is 20.8 Å². The van der Waals surface area contributed by atoms with Crippen LogP contribution in [0.4, 0.5) is 34.1 Å². The van der Waals surface area contributed by atoms with Gasteiger partial charge >= 0.3 is 5.97 Å². The Bertz CT molecular complexity index is 2670. The summed E-state index contributed by atoms with van der Waals surface area (Å²) in [6, 6.07) is 33.7. The lowest BCUT2D eigenvalue weighted by atomic mass is 10.1. The first-order valence-electron chi connectivity index (χ1n) is 18.7. The maximum absolute atomic E-state index is 12.3. The summed E-state index contributed by atoms with van der Waals surface area (Å²) in [5.74, 6) is -2.14. The van der Waals surface area contributed by atoms with Crippen molar-refractivity contribution in [3.05, 3.63) is 168 Å². The molecule has 0 aliphatic rings. The van der Waals surface area contributed by atoms with Gasteiger partial charge in [0.15, 0.2) is 0 Å². The van der Waals surface area contributed by atoms with Gasteiger partial charge in [0.1, 0.15) is 6.54 Å². The molecule has 6 aromatic carbocycles. The Morgan fingerprint density at radius 1 is 0.587 bits per heavy atom. The zero-order chi connectivity index (χ0) is 46.5. The summed E-state index contributed by atoms with van der Waals surface area (Å²) >= 11 is 22.1. The summed E-state index contributed by atoms with van der Waals surface area (Å²) in [6.07, 6.45) is 0. The number of carboxylic acid groups (broad SMARTS) is 1. The fraction of sp³-hybridized carbons (Fsp3) is 0.130. The molecule has 17 heteroatoms. The number of nitrogens with two attached hydrogens (primary N) is 1. The molecule has 328 valence electrons. The Labute approximate surface area is 425 Å². The van der Waals surface area contributed by atoms with Crippen LogP contribution in [0.2, 0.25) is 10.0 Å². The molecule has 0 saturated carbocycles. The van der Waals surface area contributed by atoms with E-state index in [4.69, 9.17) is 34.0 Å². The lowest BCUT2D eigenvalue weighted by molar-refractivity contribution is -0.135. The Morgan fingerprint density at radius 2 is 0.968 bits per heavy atom. The third kappa shape index (κ3) is 15.8. The zero-order valence-electron chi connectivity index (χ0n) is 34.5. The van der Waals surface area contributed by atoms with Crippen LogP contribution in [0.15, 0.2) is 114 Å². The molecule has 0 spiro atoms. The van der Waals surface area contributed by atoms with E-state index in [1.807, 2.05) is 81.4 Å². The number of hydrogen-bond donors (Lipinski definition) is 6. The van der Waals surface area contributed by atoms with Gasteiger partial charge in [-0.05, 0) is 214 Å². The molecular formula is C46H42BrCl2I3N6O5. The van der Waals surface area contributed by atoms with E-state index in [0.29, 0.717) is 32.5 Å². The maximum Gasteiger partial charge on any atom is 0.322 e. The second-order valence-electron chi connectivity index (χ2n) is 14.0. The highest BCUT2D eigenvalue weighted by atomic mass is 127. The van der Waals surface area contributed by atoms with Gasteiger partial charge in [-0.25, -0.2) is 0 Å². The van der Waals surface area contributed by atoms with E-state index in [0.717, 1.165) is 47.5 Å². The average Bonchev–Trinajstić information content (AvgIpc) is 3.21. The third-order valence-electron chi connectivity index (χ3n) is 8.87. The SMILES string of the molecule is Cc1cc(I)ccc1Nc1ccc(Br)cc1C(N)=O.Cc1cc(I)ccc1Nc1ccc(Cl)cc1C(=O)N(C)C.Cc1cc(I)ccc1Nc1ccc(Cl)cc1C(=O)NCC(=O)O. The van der Waals surface area contributed by atoms with Gasteiger partial charge in [-0.15, -0.1) is 0 Å². The largest absolute Gasteiger partial charge is 0.480 e. The maximum atomic E-state index is 12.3. The number of amides is 3. The molecule has 0 fully saturated rings. The number of hydrogen-bond acceptors (Lipinski definition) is 7. The van der Waals surface area contributed by atoms with E-state index in [1.54, 1.807) is 44.4 Å². The van der Waals surface area contributed by atoms with Gasteiger partial charge in [0.2, 0.25) is 0 Å². The standard InChI is InChI=1S/C16H14ClIN2O3.C16H16ClIN2O.C14H12BrIN2O/c1-9-6-11(18)3-5-13(9)20-14-4-2-10(17)7-12(14)16(23)19-8-15(21)22;1-10-8-12(18)5-7-14(10)19-15-6-4-11(17)9-13(15)16(21)20(2)3;1-8-6-10(16)3-5-12(8)18-13-4-2-9(15)7-11(13)14(17)19/h2-7,20H,8H2,1H3,(H,19,23)(H,21,22);4-9,19H,1-3H3;2-7,18H,1H3,(H2,17,19). The minimum Gasteiger partial charge on any atom is -0.480 e. The van der Waals surface area contributed by atoms with Crippen LogP contribution in [0.3, 0.4) is 0 Å². The van der Waals surface area contributed by atoms with Crippen LogP contribution in [-0.4, -0.2) is 54.3 Å². The number of primary amides is 1. The lowest BCUT2D eigenvalue weighted by Gasteiger charge is -2.17. The molecule has 0 atom stereocenters. The summed E-state index contributed by atoms with van der Waals surface area (Å²) < 4.78 is 4.29. The zero-order valence-corrected chi connectivity index (χ0v) is 44.0. The number of aliphatic carboxylic acids is 1. The molecular weight excluding hydrogens is 1250 g/mol. The Kier molecular flexibility index (Phi) is 19.8. The van der Waals surface area contributed by atoms with E-state index >= 15 is 0 Å². The average molecular weight is 1290 g/mol. The molecule has 11 nitrogen and oxygen atoms in total. The minimum atomic E-state index is -1.11. The topological polar surface area (TPSA) is 166 Å². The molecule has 0 unspecified atom stereocenters. The second kappa shape index (κ2) is 24.2. The van der Waals surface area contributed by atoms with Gasteiger partial charge in [-0.1, -0.05) is 39.1 Å². The van der Waals surface area contributed by atoms with E-state index < -0.39 is 24.3 Å². The first kappa shape index (κ1) is 51.5. The van der Waals surface area contributed by atoms with Crippen molar-refractivity contribution in [2.75, 3.05) is 36.6 Å². The quantitative estimate of drug-likeness (QED) is 0.0698. The Morgan fingerprint density at radius 3 is 1.37 bits per heavy atom. The first-order valence-corrected chi connectivity index (χ1v) is 23.5. The van der Waals surface area contributed by atoms with Crippen molar-refractivity contribution in [2.24, 2.45) is 5.73 Å². The molecule has 7 N–H and O–H groups in total. The van der Waals surface area contributed by atoms with Crippen molar-refractivity contribution in [1.82, 2.24) is 10.2 Å². The number of halogens is 6. The fourth-order valence-electron chi connectivity index (χ4n) is 5.67. The molecule has 6 rings (SSSR count). The highest BCUT2D eigenvalue weighted by Gasteiger charge is 2.16. The molecule has 0 aliphatic heterocycles. The number of rotatable bonds is 11. The van der Waals surface area contributed by atoms with Gasteiger partial charge in [-0.2, -0.15) is 0 Å². The van der Waals surface area contributed by atoms with Crippen LogP contribution in [0.25, 0.3) is 0 Å². The molecule has 0 heterocycles. The predicted octanol–water partition coefficient (Wildman–Crippen LogP) is 12.7. The van der Waals surface area contributed by atoms with Crippen LogP contribution in [-0.2, 0) is 4.79 Å². The molecule has 63 heavy (non-hydrogen) atoms. The number of carboxylic acids is 1. The van der Waals surface area contributed by atoms with Crippen LogP contribution in [0, 0.1) is 31.5 Å². The van der Waals surface area contributed by atoms with E-state index in [1.165, 1.54) is 18.1 Å². The summed E-state index contributed by atoms with van der Waals surface area (Å²) in [7, 11) is 3.45. The highest BCUT2D eigenvalue weighted by Crippen LogP contribution is 2.30. The van der Waals surface area contributed by atoms with Gasteiger partial charge in [0.25, 0.3) is 17.7 Å². The van der Waals surface area contributed by atoms with Crippen LogP contribution in [0.5, 0.6) is 0 Å². The fourth-order valence-corrected chi connectivity index (χ4v) is 8.32. The normalized spacial score (nSPS) is 10.3. The van der Waals surface area contributed by atoms with Crippen molar-refractivity contribution in [3.8, 4) is 0 Å². The van der Waals surface area contributed by atoms with Crippen molar-refractivity contribution in [1.29, 1.82) is 0 Å². The monoisotopic (exact) mass is 1290 g/mol. The van der Waals surface area contributed by atoms with E-state index in [-0.39, 0.29) is 11.5 Å². The number of anilines is 6. The summed E-state index contributed by atoms with van der Waals surface area (Å²) in [6.45, 7) is 5.57. The number of benzene rings is 6. The summed E-state index contributed by atoms with van der Waals surface area (Å²) in [5.41, 5.74) is 14.8. The minimum absolute atomic E-state index is 0.0804. The van der Waals surface area contributed by atoms with Crippen LogP contribution < -0.4 is 27.0 Å². The van der Waals surface area contributed by atoms with Crippen LogP contribution >= 0.6 is 107 Å². The first-order chi connectivity index (χ1) is 29.7. The number of nitrogens with zero attached hydrogens (tertiary/aromatic N) is 1. The van der Waals surface area contributed by atoms with E-state index in [9.17, 15) is 19.2 Å². The van der Waals surface area contributed by atoms with Gasteiger partial charge < -0.3 is 37.0 Å². The summed E-state index contributed by atoms with van der Waals surface area (Å²) in [5, 5.41) is 21.7. The Balaban J connectivity index is 0.000000208. The van der Waals surface area contributed by atoms with Crippen molar-refractivity contribution < 1.29 is 24.3 Å². The predicted molar refractivity (Wildman–Crippen MR) is 285 cm³/mol. The number of carbonyl (C=O) groups is 4.